The number of hydrogen-bond donors (Lipinski definition) is 0. The minimum Gasteiger partial charge on any atom is -0.768 e. The van der Waals surface area contributed by atoms with Gasteiger partial charge in [-0.25, -0.2) is 0 Å². The van der Waals surface area contributed by atoms with Gasteiger partial charge in [-0.05, 0) is 42.1 Å². The maximum Gasteiger partial charge on any atom is 1.00 e. The number of aromatic carboxylic acids is 1. The van der Waals surface area contributed by atoms with Gasteiger partial charge in [-0.15, -0.1) is 0 Å². The summed E-state index contributed by atoms with van der Waals surface area (Å²) in [5.41, 5.74) is 0.668. The summed E-state index contributed by atoms with van der Waals surface area (Å²) >= 11 is -2.42. The van der Waals surface area contributed by atoms with E-state index in [9.17, 15) is 18.7 Å². The van der Waals surface area contributed by atoms with E-state index in [1.165, 1.54) is 19.1 Å². The second-order valence-corrected chi connectivity index (χ2v) is 3.81. The van der Waals surface area contributed by atoms with Gasteiger partial charge in [-0.1, -0.05) is 6.07 Å². The van der Waals surface area contributed by atoms with Gasteiger partial charge in [-0.2, -0.15) is 0 Å². The van der Waals surface area contributed by atoms with Crippen LogP contribution in [-0.2, 0) is 11.1 Å². The number of aryl methyl sites for hydroxylation is 1. The molecule has 0 aliphatic rings. The molecule has 0 spiro atoms. The Bertz CT molecular complexity index is 420. The summed E-state index contributed by atoms with van der Waals surface area (Å²) in [4.78, 5) is 10.7. The molecule has 76 valence electrons. The number of hydrogen-bond acceptors (Lipinski definition) is 4. The van der Waals surface area contributed by atoms with Gasteiger partial charge in [0.05, 0.1) is 5.97 Å². The van der Waals surface area contributed by atoms with E-state index in [1.807, 2.05) is 0 Å². The Kier molecular flexibility index (Phi) is 9.57. The second-order valence-electron chi connectivity index (χ2n) is 2.90. The minimum atomic E-state index is -2.42. The molecular weight excluding hydrogens is 250 g/mol. The van der Waals surface area contributed by atoms with Crippen LogP contribution in [0.5, 0.6) is 0 Å². The fourth-order valence-electron chi connectivity index (χ4n) is 1.32. The van der Waals surface area contributed by atoms with Gasteiger partial charge in [-0.3, -0.25) is 4.21 Å². The van der Waals surface area contributed by atoms with Gasteiger partial charge in [0, 0.05) is 10.5 Å². The Labute approximate surface area is 141 Å². The first kappa shape index (κ1) is 19.1. The van der Waals surface area contributed by atoms with E-state index in [4.69, 9.17) is 0 Å². The molecule has 0 saturated heterocycles. The molecular formula is C9H8Na2O4S. The predicted octanol–water partition coefficient (Wildman–Crippen LogP) is -6.09. The van der Waals surface area contributed by atoms with Crippen LogP contribution in [0.1, 0.15) is 21.5 Å². The topological polar surface area (TPSA) is 80.3 Å². The van der Waals surface area contributed by atoms with E-state index in [-0.39, 0.29) is 75.1 Å². The van der Waals surface area contributed by atoms with Crippen molar-refractivity contribution in [3.8, 4) is 0 Å². The molecule has 1 rings (SSSR count). The summed E-state index contributed by atoms with van der Waals surface area (Å²) in [7, 11) is 0. The van der Waals surface area contributed by atoms with Crippen LogP contribution in [-0.4, -0.2) is 14.7 Å². The zero-order valence-electron chi connectivity index (χ0n) is 9.70. The molecule has 0 saturated carbocycles. The summed E-state index contributed by atoms with van der Waals surface area (Å²) in [6.07, 6.45) is 0. The Morgan fingerprint density at radius 3 is 2.12 bits per heavy atom. The molecule has 0 heterocycles. The van der Waals surface area contributed by atoms with Crippen LogP contribution < -0.4 is 64.2 Å². The molecule has 0 fully saturated rings. The van der Waals surface area contributed by atoms with Crippen molar-refractivity contribution in [3.05, 3.63) is 28.8 Å². The molecule has 1 unspecified atom stereocenters. The third-order valence-electron chi connectivity index (χ3n) is 2.01. The van der Waals surface area contributed by atoms with Crippen LogP contribution in [0.4, 0.5) is 0 Å². The Morgan fingerprint density at radius 1 is 1.25 bits per heavy atom. The molecule has 0 radical (unpaired) electrons. The summed E-state index contributed by atoms with van der Waals surface area (Å²) in [5, 5.41) is 10.7. The molecule has 7 heteroatoms. The fraction of sp³-hybridized carbons (Fsp3) is 0.222. The van der Waals surface area contributed by atoms with Crippen molar-refractivity contribution in [1.29, 1.82) is 0 Å². The molecule has 4 nitrogen and oxygen atoms in total. The van der Waals surface area contributed by atoms with E-state index in [1.54, 1.807) is 6.92 Å². The molecule has 0 aliphatic carbocycles. The maximum atomic E-state index is 10.7. The molecule has 0 amide bonds. The Morgan fingerprint density at radius 2 is 1.75 bits per heavy atom. The molecule has 0 aliphatic heterocycles. The maximum absolute atomic E-state index is 10.7. The van der Waals surface area contributed by atoms with E-state index >= 15 is 0 Å². The average Bonchev–Trinajstić information content (AvgIpc) is 2.02. The summed E-state index contributed by atoms with van der Waals surface area (Å²) in [6.45, 7) is 3.04. The summed E-state index contributed by atoms with van der Waals surface area (Å²) in [6, 6.07) is 2.82. The number of rotatable bonds is 2. The first-order chi connectivity index (χ1) is 6.45. The van der Waals surface area contributed by atoms with E-state index in [0.717, 1.165) is 0 Å². The number of carbonyl (C=O) groups excluding carboxylic acids is 1. The van der Waals surface area contributed by atoms with Crippen molar-refractivity contribution in [1.82, 2.24) is 0 Å². The van der Waals surface area contributed by atoms with Crippen molar-refractivity contribution < 1.29 is 77.8 Å². The average molecular weight is 258 g/mol. The van der Waals surface area contributed by atoms with Crippen molar-refractivity contribution in [3.63, 3.8) is 0 Å². The van der Waals surface area contributed by atoms with Crippen LogP contribution in [0.25, 0.3) is 0 Å². The summed E-state index contributed by atoms with van der Waals surface area (Å²) in [5.74, 6) is -1.35. The van der Waals surface area contributed by atoms with Crippen LogP contribution >= 0.6 is 0 Å². The number of carboxylic acids is 1. The van der Waals surface area contributed by atoms with Crippen LogP contribution in [0.15, 0.2) is 17.0 Å². The van der Waals surface area contributed by atoms with E-state index in [2.05, 4.69) is 0 Å². The SMILES string of the molecule is Cc1ccc(S(=O)[O-])c(C)c1C(=O)[O-].[Na+].[Na+]. The van der Waals surface area contributed by atoms with Crippen molar-refractivity contribution in [2.75, 3.05) is 0 Å². The third-order valence-corrected chi connectivity index (χ3v) is 2.81. The molecule has 0 N–H and O–H groups in total. The first-order valence-electron chi connectivity index (χ1n) is 3.86. The summed E-state index contributed by atoms with van der Waals surface area (Å²) < 4.78 is 21.4. The minimum absolute atomic E-state index is 0. The van der Waals surface area contributed by atoms with Crippen LogP contribution in [0.2, 0.25) is 0 Å². The molecule has 1 aromatic rings. The van der Waals surface area contributed by atoms with Gasteiger partial charge in [0.1, 0.15) is 0 Å². The Balaban J connectivity index is 0. The Hall–Kier alpha value is 0.800. The zero-order chi connectivity index (χ0) is 10.9. The van der Waals surface area contributed by atoms with Gasteiger partial charge in [0.15, 0.2) is 0 Å². The monoisotopic (exact) mass is 258 g/mol. The smallest absolute Gasteiger partial charge is 0.768 e. The van der Waals surface area contributed by atoms with Crippen molar-refractivity contribution >= 4 is 17.0 Å². The van der Waals surface area contributed by atoms with Crippen molar-refractivity contribution in [2.45, 2.75) is 18.7 Å². The van der Waals surface area contributed by atoms with Gasteiger partial charge in [0.2, 0.25) is 0 Å². The van der Waals surface area contributed by atoms with Gasteiger partial charge < -0.3 is 14.5 Å². The fourth-order valence-corrected chi connectivity index (χ4v) is 1.85. The molecule has 16 heavy (non-hydrogen) atoms. The number of carboxylic acid groups (broad SMARTS) is 1. The molecule has 0 bridgehead atoms. The predicted molar refractivity (Wildman–Crippen MR) is 47.4 cm³/mol. The van der Waals surface area contributed by atoms with E-state index in [0.29, 0.717) is 5.56 Å². The van der Waals surface area contributed by atoms with Crippen LogP contribution in [0.3, 0.4) is 0 Å². The quantitative estimate of drug-likeness (QED) is 0.390. The van der Waals surface area contributed by atoms with Gasteiger partial charge >= 0.3 is 59.1 Å². The molecule has 0 aromatic heterocycles. The number of carbonyl (C=O) groups is 1. The van der Waals surface area contributed by atoms with Crippen LogP contribution in [0, 0.1) is 13.8 Å². The van der Waals surface area contributed by atoms with Gasteiger partial charge in [0.25, 0.3) is 0 Å². The van der Waals surface area contributed by atoms with Crippen molar-refractivity contribution in [2.24, 2.45) is 0 Å². The molecule has 1 atom stereocenters. The zero-order valence-corrected chi connectivity index (χ0v) is 14.5. The number of benzene rings is 1. The van der Waals surface area contributed by atoms with E-state index < -0.39 is 17.0 Å². The second kappa shape index (κ2) is 8.00. The largest absolute Gasteiger partial charge is 1.00 e. The standard InChI is InChI=1S/C9H10O4S.2Na/c1-5-3-4-7(14(12)13)6(2)8(5)9(10)11;;/h3-4H,1-2H3,(H,10,11)(H,12,13);;/q;2*+1/p-2. The molecule has 1 aromatic carbocycles. The normalized spacial score (nSPS) is 10.9. The first-order valence-corrected chi connectivity index (χ1v) is 4.93. The third kappa shape index (κ3) is 4.23.